The fourth-order valence-corrected chi connectivity index (χ4v) is 3.50. The van der Waals surface area contributed by atoms with Gasteiger partial charge in [-0.2, -0.15) is 0 Å². The minimum Gasteiger partial charge on any atom is -0.377 e. The summed E-state index contributed by atoms with van der Waals surface area (Å²) in [5.74, 6) is 6.55. The van der Waals surface area contributed by atoms with Gasteiger partial charge in [-0.1, -0.05) is 38.7 Å². The normalized spacial score (nSPS) is 29.1. The first-order valence-corrected chi connectivity index (χ1v) is 7.80. The monoisotopic (exact) mass is 268 g/mol. The maximum atomic E-state index is 5.92. The predicted octanol–water partition coefficient (Wildman–Crippen LogP) is 3.55. The average Bonchev–Trinajstić information content (AvgIpc) is 2.42. The Balaban J connectivity index is 2.47. The Morgan fingerprint density at radius 3 is 2.84 bits per heavy atom. The van der Waals surface area contributed by atoms with E-state index in [9.17, 15) is 0 Å². The van der Waals surface area contributed by atoms with Crippen molar-refractivity contribution in [1.29, 1.82) is 0 Å². The molecule has 0 aromatic carbocycles. The van der Waals surface area contributed by atoms with Gasteiger partial charge in [0, 0.05) is 7.11 Å². The summed E-state index contributed by atoms with van der Waals surface area (Å²) >= 11 is 0. The number of ether oxygens (including phenoxy) is 1. The summed E-state index contributed by atoms with van der Waals surface area (Å²) in [7, 11) is 1.85. The van der Waals surface area contributed by atoms with Crippen LogP contribution < -0.4 is 11.3 Å². The van der Waals surface area contributed by atoms with Gasteiger partial charge in [0.15, 0.2) is 0 Å². The number of allylic oxidation sites excluding steroid dienone is 1. The molecule has 0 bridgehead atoms. The SMILES string of the molecule is C=CCCCCCC(NN)C1(OC)CCCC(C)C1. The second kappa shape index (κ2) is 8.72. The Labute approximate surface area is 118 Å². The Morgan fingerprint density at radius 2 is 2.26 bits per heavy atom. The highest BCUT2D eigenvalue weighted by molar-refractivity contribution is 4.96. The molecule has 1 fully saturated rings. The largest absolute Gasteiger partial charge is 0.377 e. The van der Waals surface area contributed by atoms with Crippen molar-refractivity contribution >= 4 is 0 Å². The molecule has 112 valence electrons. The molecule has 0 heterocycles. The number of hydrogen-bond donors (Lipinski definition) is 2. The van der Waals surface area contributed by atoms with Crippen molar-refractivity contribution in [3.8, 4) is 0 Å². The second-order valence-electron chi connectivity index (χ2n) is 6.12. The number of hydrogen-bond acceptors (Lipinski definition) is 3. The first kappa shape index (κ1) is 16.7. The van der Waals surface area contributed by atoms with Crippen molar-refractivity contribution in [2.24, 2.45) is 11.8 Å². The fourth-order valence-electron chi connectivity index (χ4n) is 3.50. The zero-order valence-corrected chi connectivity index (χ0v) is 12.8. The van der Waals surface area contributed by atoms with Crippen molar-refractivity contribution in [3.05, 3.63) is 12.7 Å². The minimum absolute atomic E-state index is 0.0507. The van der Waals surface area contributed by atoms with Crippen molar-refractivity contribution < 1.29 is 4.74 Å². The lowest BCUT2D eigenvalue weighted by Crippen LogP contribution is -2.56. The van der Waals surface area contributed by atoms with E-state index in [0.717, 1.165) is 31.6 Å². The fraction of sp³-hybridized carbons (Fsp3) is 0.875. The van der Waals surface area contributed by atoms with E-state index in [0.29, 0.717) is 0 Å². The van der Waals surface area contributed by atoms with Crippen molar-refractivity contribution in [2.45, 2.75) is 76.4 Å². The molecule has 0 aliphatic heterocycles. The zero-order valence-electron chi connectivity index (χ0n) is 12.8. The van der Waals surface area contributed by atoms with Crippen molar-refractivity contribution in [2.75, 3.05) is 7.11 Å². The Hall–Kier alpha value is -0.380. The molecule has 0 spiro atoms. The number of nitrogens with two attached hydrogens (primary N) is 1. The highest BCUT2D eigenvalue weighted by Crippen LogP contribution is 2.38. The van der Waals surface area contributed by atoms with Gasteiger partial charge in [0.2, 0.25) is 0 Å². The Morgan fingerprint density at radius 1 is 1.47 bits per heavy atom. The first-order chi connectivity index (χ1) is 9.18. The van der Waals surface area contributed by atoms with Gasteiger partial charge >= 0.3 is 0 Å². The molecule has 19 heavy (non-hydrogen) atoms. The number of unbranched alkanes of at least 4 members (excludes halogenated alkanes) is 3. The van der Waals surface area contributed by atoms with E-state index in [1.165, 1.54) is 32.1 Å². The molecule has 3 heteroatoms. The lowest BCUT2D eigenvalue weighted by molar-refractivity contribution is -0.0814. The summed E-state index contributed by atoms with van der Waals surface area (Å²) in [5, 5.41) is 0. The van der Waals surface area contributed by atoms with E-state index in [4.69, 9.17) is 10.6 Å². The van der Waals surface area contributed by atoms with Gasteiger partial charge in [0.1, 0.15) is 0 Å². The van der Waals surface area contributed by atoms with E-state index < -0.39 is 0 Å². The highest BCUT2D eigenvalue weighted by atomic mass is 16.5. The molecule has 0 aromatic heterocycles. The first-order valence-electron chi connectivity index (χ1n) is 7.80. The van der Waals surface area contributed by atoms with Crippen LogP contribution in [0.1, 0.15) is 64.7 Å². The van der Waals surface area contributed by atoms with Crippen LogP contribution in [-0.2, 0) is 4.74 Å². The molecule has 1 aliphatic carbocycles. The molecule has 0 amide bonds. The van der Waals surface area contributed by atoms with Crippen LogP contribution >= 0.6 is 0 Å². The molecule has 3 atom stereocenters. The molecular formula is C16H32N2O. The summed E-state index contributed by atoms with van der Waals surface area (Å²) < 4.78 is 5.92. The Kier molecular flexibility index (Phi) is 7.66. The molecule has 3 unspecified atom stereocenters. The smallest absolute Gasteiger partial charge is 0.0846 e. The predicted molar refractivity (Wildman–Crippen MR) is 81.8 cm³/mol. The molecule has 1 saturated carbocycles. The third-order valence-corrected chi connectivity index (χ3v) is 4.63. The third kappa shape index (κ3) is 4.90. The van der Waals surface area contributed by atoms with Crippen LogP contribution in [0.2, 0.25) is 0 Å². The van der Waals surface area contributed by atoms with E-state index in [-0.39, 0.29) is 11.6 Å². The van der Waals surface area contributed by atoms with Crippen LogP contribution in [-0.4, -0.2) is 18.8 Å². The summed E-state index contributed by atoms with van der Waals surface area (Å²) in [4.78, 5) is 0. The molecule has 0 radical (unpaired) electrons. The van der Waals surface area contributed by atoms with Crippen molar-refractivity contribution in [1.82, 2.24) is 5.43 Å². The lowest BCUT2D eigenvalue weighted by atomic mass is 9.73. The molecule has 1 aliphatic rings. The molecule has 3 N–H and O–H groups in total. The number of hydrazine groups is 1. The quantitative estimate of drug-likeness (QED) is 0.291. The second-order valence-corrected chi connectivity index (χ2v) is 6.12. The van der Waals surface area contributed by atoms with Gasteiger partial charge in [-0.15, -0.1) is 6.58 Å². The van der Waals surface area contributed by atoms with E-state index >= 15 is 0 Å². The number of nitrogens with one attached hydrogen (secondary N) is 1. The molecule has 0 aromatic rings. The van der Waals surface area contributed by atoms with Crippen LogP contribution in [0.4, 0.5) is 0 Å². The minimum atomic E-state index is -0.0507. The van der Waals surface area contributed by atoms with Gasteiger partial charge in [0.25, 0.3) is 0 Å². The summed E-state index contributed by atoms with van der Waals surface area (Å²) in [6, 6.07) is 0.281. The van der Waals surface area contributed by atoms with Gasteiger partial charge < -0.3 is 4.74 Å². The molecule has 3 nitrogen and oxygen atoms in total. The number of methoxy groups -OCH3 is 1. The summed E-state index contributed by atoms with van der Waals surface area (Å²) in [5.41, 5.74) is 2.98. The van der Waals surface area contributed by atoms with Crippen LogP contribution in [0.3, 0.4) is 0 Å². The maximum absolute atomic E-state index is 5.92. The molecular weight excluding hydrogens is 236 g/mol. The van der Waals surface area contributed by atoms with Gasteiger partial charge in [-0.25, -0.2) is 0 Å². The van der Waals surface area contributed by atoms with Crippen molar-refractivity contribution in [3.63, 3.8) is 0 Å². The highest BCUT2D eigenvalue weighted by Gasteiger charge is 2.41. The van der Waals surface area contributed by atoms with Gasteiger partial charge in [-0.05, 0) is 38.0 Å². The van der Waals surface area contributed by atoms with E-state index in [1.807, 2.05) is 13.2 Å². The van der Waals surface area contributed by atoms with Crippen LogP contribution in [0.15, 0.2) is 12.7 Å². The average molecular weight is 268 g/mol. The third-order valence-electron chi connectivity index (χ3n) is 4.63. The Bertz CT molecular complexity index is 257. The number of rotatable bonds is 9. The topological polar surface area (TPSA) is 47.3 Å². The van der Waals surface area contributed by atoms with Crippen LogP contribution in [0.25, 0.3) is 0 Å². The molecule has 1 rings (SSSR count). The van der Waals surface area contributed by atoms with E-state index in [1.54, 1.807) is 0 Å². The zero-order chi connectivity index (χ0) is 14.1. The van der Waals surface area contributed by atoms with Crippen LogP contribution in [0, 0.1) is 5.92 Å². The van der Waals surface area contributed by atoms with Gasteiger partial charge in [0.05, 0.1) is 11.6 Å². The standard InChI is InChI=1S/C16H32N2O/c1-4-5-6-7-8-11-15(18-17)16(19-3)12-9-10-14(2)13-16/h4,14-15,18H,1,5-13,17H2,2-3H3. The van der Waals surface area contributed by atoms with Gasteiger partial charge in [-0.3, -0.25) is 11.3 Å². The lowest BCUT2D eigenvalue weighted by Gasteiger charge is -2.44. The summed E-state index contributed by atoms with van der Waals surface area (Å²) in [6.45, 7) is 6.09. The maximum Gasteiger partial charge on any atom is 0.0846 e. The van der Waals surface area contributed by atoms with Crippen LogP contribution in [0.5, 0.6) is 0 Å². The summed E-state index contributed by atoms with van der Waals surface area (Å²) in [6.07, 6.45) is 12.8. The molecule has 0 saturated heterocycles. The van der Waals surface area contributed by atoms with E-state index in [2.05, 4.69) is 18.9 Å².